The van der Waals surface area contributed by atoms with Gasteiger partial charge in [0.05, 0.1) is 20.0 Å². The summed E-state index contributed by atoms with van der Waals surface area (Å²) in [5.74, 6) is -0.280. The quantitative estimate of drug-likeness (QED) is 0.828. The largest absolute Gasteiger partial charge is 0.497 e. The number of nitrogens with one attached hydrogen (secondary N) is 1. The van der Waals surface area contributed by atoms with Gasteiger partial charge in [-0.1, -0.05) is 12.1 Å². The van der Waals surface area contributed by atoms with Crippen LogP contribution in [0.4, 0.5) is 0 Å². The van der Waals surface area contributed by atoms with Gasteiger partial charge in [0.1, 0.15) is 5.75 Å². The lowest BCUT2D eigenvalue weighted by molar-refractivity contribution is -0.150. The molecule has 1 amide bonds. The first kappa shape index (κ1) is 16.6. The molecule has 0 bridgehead atoms. The number of rotatable bonds is 6. The summed E-state index contributed by atoms with van der Waals surface area (Å²) in [5.41, 5.74) is -0.761. The van der Waals surface area contributed by atoms with E-state index in [0.29, 0.717) is 11.3 Å². The van der Waals surface area contributed by atoms with Crippen molar-refractivity contribution in [2.45, 2.75) is 19.4 Å². The Bertz CT molecular complexity index is 663. The van der Waals surface area contributed by atoms with Crippen molar-refractivity contribution in [3.63, 3.8) is 0 Å². The molecule has 23 heavy (non-hydrogen) atoms. The number of amides is 1. The highest BCUT2D eigenvalue weighted by molar-refractivity contribution is 5.96. The number of hydrogen-bond donors (Lipinski definition) is 1. The summed E-state index contributed by atoms with van der Waals surface area (Å²) < 4.78 is 15.3. The van der Waals surface area contributed by atoms with E-state index < -0.39 is 17.4 Å². The van der Waals surface area contributed by atoms with Gasteiger partial charge in [0, 0.05) is 0 Å². The highest BCUT2D eigenvalue weighted by Gasteiger charge is 2.39. The van der Waals surface area contributed by atoms with Gasteiger partial charge in [0.2, 0.25) is 0 Å². The van der Waals surface area contributed by atoms with Crippen LogP contribution < -0.4 is 10.1 Å². The third-order valence-corrected chi connectivity index (χ3v) is 3.46. The van der Waals surface area contributed by atoms with E-state index in [-0.39, 0.29) is 12.4 Å². The number of methoxy groups -OCH3 is 1. The van der Waals surface area contributed by atoms with Crippen LogP contribution in [0.2, 0.25) is 0 Å². The lowest BCUT2D eigenvalue weighted by Crippen LogP contribution is -2.50. The molecule has 2 rings (SSSR count). The molecule has 1 unspecified atom stereocenters. The molecule has 6 nitrogen and oxygen atoms in total. The van der Waals surface area contributed by atoms with Crippen molar-refractivity contribution in [1.29, 1.82) is 0 Å². The molecule has 0 saturated heterocycles. The zero-order valence-electron chi connectivity index (χ0n) is 13.3. The molecule has 0 aliphatic heterocycles. The van der Waals surface area contributed by atoms with Crippen LogP contribution in [0.3, 0.4) is 0 Å². The van der Waals surface area contributed by atoms with E-state index in [9.17, 15) is 9.59 Å². The fraction of sp³-hybridized carbons (Fsp3) is 0.294. The summed E-state index contributed by atoms with van der Waals surface area (Å²) >= 11 is 0. The van der Waals surface area contributed by atoms with E-state index in [1.54, 1.807) is 51.3 Å². The molecule has 1 heterocycles. The van der Waals surface area contributed by atoms with Crippen LogP contribution in [0, 0.1) is 0 Å². The summed E-state index contributed by atoms with van der Waals surface area (Å²) in [7, 11) is 1.55. The first-order chi connectivity index (χ1) is 11.0. The van der Waals surface area contributed by atoms with Crippen LogP contribution in [0.5, 0.6) is 5.75 Å². The maximum absolute atomic E-state index is 12.4. The van der Waals surface area contributed by atoms with Crippen LogP contribution in [0.1, 0.15) is 30.0 Å². The van der Waals surface area contributed by atoms with Crippen molar-refractivity contribution >= 4 is 11.9 Å². The number of carbonyl (C=O) groups excluding carboxylic acids is 2. The molecule has 6 heteroatoms. The van der Waals surface area contributed by atoms with E-state index >= 15 is 0 Å². The first-order valence-electron chi connectivity index (χ1n) is 7.19. The molecule has 1 atom stereocenters. The third kappa shape index (κ3) is 3.53. The summed E-state index contributed by atoms with van der Waals surface area (Å²) in [5, 5.41) is 2.69. The SMILES string of the molecule is CCOC(=O)C(C)(NC(=O)c1ccco1)c1ccc(OC)cc1. The first-order valence-corrected chi connectivity index (χ1v) is 7.19. The lowest BCUT2D eigenvalue weighted by atomic mass is 9.91. The zero-order valence-corrected chi connectivity index (χ0v) is 13.3. The van der Waals surface area contributed by atoms with Gasteiger partial charge in [-0.15, -0.1) is 0 Å². The smallest absolute Gasteiger partial charge is 0.336 e. The summed E-state index contributed by atoms with van der Waals surface area (Å²) in [4.78, 5) is 24.7. The number of carbonyl (C=O) groups is 2. The number of hydrogen-bond acceptors (Lipinski definition) is 5. The van der Waals surface area contributed by atoms with Gasteiger partial charge in [0.25, 0.3) is 5.91 Å². The molecule has 0 saturated carbocycles. The zero-order chi connectivity index (χ0) is 16.9. The van der Waals surface area contributed by atoms with Crippen molar-refractivity contribution in [2.75, 3.05) is 13.7 Å². The van der Waals surface area contributed by atoms with Gasteiger partial charge < -0.3 is 19.2 Å². The maximum atomic E-state index is 12.4. The molecule has 1 aromatic carbocycles. The van der Waals surface area contributed by atoms with E-state index in [2.05, 4.69) is 5.32 Å². The summed E-state index contributed by atoms with van der Waals surface area (Å²) in [6.07, 6.45) is 1.39. The van der Waals surface area contributed by atoms with Gasteiger partial charge in [0.15, 0.2) is 11.3 Å². The number of furan rings is 1. The standard InChI is InChI=1S/C17H19NO5/c1-4-22-16(20)17(2,12-7-9-13(21-3)10-8-12)18-15(19)14-6-5-11-23-14/h5-11H,4H2,1-3H3,(H,18,19). The topological polar surface area (TPSA) is 77.8 Å². The Morgan fingerprint density at radius 3 is 2.43 bits per heavy atom. The predicted molar refractivity (Wildman–Crippen MR) is 83.2 cm³/mol. The molecule has 0 spiro atoms. The number of esters is 1. The fourth-order valence-electron chi connectivity index (χ4n) is 2.14. The number of benzene rings is 1. The Morgan fingerprint density at radius 2 is 1.91 bits per heavy atom. The Kier molecular flexibility index (Phi) is 5.05. The minimum absolute atomic E-state index is 0.119. The average molecular weight is 317 g/mol. The predicted octanol–water partition coefficient (Wildman–Crippen LogP) is 2.50. The molecular weight excluding hydrogens is 298 g/mol. The van der Waals surface area contributed by atoms with Crippen molar-refractivity contribution in [3.05, 3.63) is 54.0 Å². The Balaban J connectivity index is 2.34. The fourth-order valence-corrected chi connectivity index (χ4v) is 2.14. The molecule has 2 aromatic rings. The average Bonchev–Trinajstić information content (AvgIpc) is 3.09. The normalized spacial score (nSPS) is 13.0. The Hall–Kier alpha value is -2.76. The van der Waals surface area contributed by atoms with E-state index in [4.69, 9.17) is 13.9 Å². The van der Waals surface area contributed by atoms with E-state index in [1.807, 2.05) is 0 Å². The van der Waals surface area contributed by atoms with Gasteiger partial charge in [-0.25, -0.2) is 4.79 Å². The van der Waals surface area contributed by atoms with Crippen molar-refractivity contribution in [1.82, 2.24) is 5.32 Å². The second-order valence-corrected chi connectivity index (χ2v) is 5.01. The lowest BCUT2D eigenvalue weighted by Gasteiger charge is -2.28. The molecule has 1 aromatic heterocycles. The van der Waals surface area contributed by atoms with Crippen molar-refractivity contribution in [3.8, 4) is 5.75 Å². The van der Waals surface area contributed by atoms with Crippen LogP contribution >= 0.6 is 0 Å². The second-order valence-electron chi connectivity index (χ2n) is 5.01. The molecule has 0 aliphatic carbocycles. The molecule has 0 radical (unpaired) electrons. The van der Waals surface area contributed by atoms with Crippen molar-refractivity contribution in [2.24, 2.45) is 0 Å². The van der Waals surface area contributed by atoms with Gasteiger partial charge in [-0.05, 0) is 43.7 Å². The van der Waals surface area contributed by atoms with E-state index in [1.165, 1.54) is 12.3 Å². The monoisotopic (exact) mass is 317 g/mol. The van der Waals surface area contributed by atoms with Crippen LogP contribution in [-0.2, 0) is 15.1 Å². The second kappa shape index (κ2) is 7.00. The van der Waals surface area contributed by atoms with Crippen LogP contribution in [0.25, 0.3) is 0 Å². The number of ether oxygens (including phenoxy) is 2. The van der Waals surface area contributed by atoms with E-state index in [0.717, 1.165) is 0 Å². The van der Waals surface area contributed by atoms with Gasteiger partial charge in [-0.2, -0.15) is 0 Å². The molecular formula is C17H19NO5. The molecule has 122 valence electrons. The highest BCUT2D eigenvalue weighted by atomic mass is 16.5. The molecule has 0 fully saturated rings. The summed E-state index contributed by atoms with van der Waals surface area (Å²) in [6.45, 7) is 3.51. The minimum Gasteiger partial charge on any atom is -0.497 e. The van der Waals surface area contributed by atoms with Crippen LogP contribution in [0.15, 0.2) is 47.1 Å². The van der Waals surface area contributed by atoms with Gasteiger partial charge in [-0.3, -0.25) is 4.79 Å². The third-order valence-electron chi connectivity index (χ3n) is 3.46. The van der Waals surface area contributed by atoms with Crippen molar-refractivity contribution < 1.29 is 23.5 Å². The Labute approximate surface area is 134 Å². The van der Waals surface area contributed by atoms with Crippen LogP contribution in [-0.4, -0.2) is 25.6 Å². The minimum atomic E-state index is -1.34. The van der Waals surface area contributed by atoms with Gasteiger partial charge >= 0.3 is 5.97 Å². The highest BCUT2D eigenvalue weighted by Crippen LogP contribution is 2.25. The maximum Gasteiger partial charge on any atom is 0.336 e. The summed E-state index contributed by atoms with van der Waals surface area (Å²) in [6, 6.07) is 9.97. The Morgan fingerprint density at radius 1 is 1.22 bits per heavy atom. The molecule has 0 aliphatic rings. The molecule has 1 N–H and O–H groups in total.